The van der Waals surface area contributed by atoms with Crippen LogP contribution in [0.15, 0.2) is 29.2 Å². The summed E-state index contributed by atoms with van der Waals surface area (Å²) in [5, 5.41) is -0.0698. The SMILES string of the molecule is COc1nc(Cl)nc(Oc2ccc(S(C)(=O)=O)cc2)n1. The molecule has 106 valence electrons. The smallest absolute Gasteiger partial charge is 0.329 e. The van der Waals surface area contributed by atoms with Crippen LogP contribution in [0.3, 0.4) is 0 Å². The molecule has 0 radical (unpaired) electrons. The Balaban J connectivity index is 2.24. The quantitative estimate of drug-likeness (QED) is 0.848. The number of methoxy groups -OCH3 is 1. The van der Waals surface area contributed by atoms with E-state index in [0.717, 1.165) is 6.26 Å². The van der Waals surface area contributed by atoms with E-state index in [1.807, 2.05) is 0 Å². The predicted molar refractivity (Wildman–Crippen MR) is 71.0 cm³/mol. The molecule has 0 saturated carbocycles. The van der Waals surface area contributed by atoms with Crippen LogP contribution in [0.4, 0.5) is 0 Å². The van der Waals surface area contributed by atoms with Gasteiger partial charge in [0.25, 0.3) is 0 Å². The van der Waals surface area contributed by atoms with Gasteiger partial charge in [-0.25, -0.2) is 8.42 Å². The molecule has 1 heterocycles. The Labute approximate surface area is 120 Å². The Morgan fingerprint density at radius 3 is 2.20 bits per heavy atom. The summed E-state index contributed by atoms with van der Waals surface area (Å²) >= 11 is 5.68. The zero-order valence-electron chi connectivity index (χ0n) is 10.6. The standard InChI is InChI=1S/C11H10ClN3O4S/c1-18-10-13-9(12)14-11(15-10)19-7-3-5-8(6-4-7)20(2,16)17/h3-6H,1-2H3. The van der Waals surface area contributed by atoms with E-state index in [0.29, 0.717) is 5.75 Å². The lowest BCUT2D eigenvalue weighted by atomic mass is 10.3. The fourth-order valence-corrected chi connectivity index (χ4v) is 2.09. The van der Waals surface area contributed by atoms with Gasteiger partial charge in [0.05, 0.1) is 12.0 Å². The lowest BCUT2D eigenvalue weighted by Crippen LogP contribution is -1.99. The number of rotatable bonds is 4. The first-order valence-electron chi connectivity index (χ1n) is 5.32. The summed E-state index contributed by atoms with van der Waals surface area (Å²) in [6, 6.07) is 5.79. The molecule has 0 fully saturated rings. The lowest BCUT2D eigenvalue weighted by Gasteiger charge is -2.05. The number of ether oxygens (including phenoxy) is 2. The van der Waals surface area contributed by atoms with Gasteiger partial charge >= 0.3 is 12.0 Å². The summed E-state index contributed by atoms with van der Waals surface area (Å²) in [6.45, 7) is 0. The van der Waals surface area contributed by atoms with E-state index < -0.39 is 9.84 Å². The maximum Gasteiger partial charge on any atom is 0.329 e. The Hall–Kier alpha value is -1.93. The second-order valence-electron chi connectivity index (χ2n) is 3.72. The first-order chi connectivity index (χ1) is 9.38. The molecule has 0 aliphatic heterocycles. The molecule has 0 aliphatic carbocycles. The molecule has 1 aromatic carbocycles. The first kappa shape index (κ1) is 14.5. The maximum absolute atomic E-state index is 11.3. The summed E-state index contributed by atoms with van der Waals surface area (Å²) in [5.41, 5.74) is 0. The van der Waals surface area contributed by atoms with Gasteiger partial charge in [-0.2, -0.15) is 9.97 Å². The highest BCUT2D eigenvalue weighted by Gasteiger charge is 2.09. The van der Waals surface area contributed by atoms with Crippen molar-refractivity contribution in [2.75, 3.05) is 13.4 Å². The molecule has 0 bridgehead atoms. The van der Waals surface area contributed by atoms with Crippen molar-refractivity contribution in [1.29, 1.82) is 0 Å². The topological polar surface area (TPSA) is 91.3 Å². The molecule has 7 nitrogen and oxygen atoms in total. The molecule has 0 amide bonds. The van der Waals surface area contributed by atoms with Crippen molar-refractivity contribution in [3.63, 3.8) is 0 Å². The third-order valence-electron chi connectivity index (χ3n) is 2.21. The number of hydrogen-bond acceptors (Lipinski definition) is 7. The van der Waals surface area contributed by atoms with Crippen molar-refractivity contribution in [3.8, 4) is 17.8 Å². The molecule has 9 heteroatoms. The monoisotopic (exact) mass is 315 g/mol. The van der Waals surface area contributed by atoms with Crippen LogP contribution < -0.4 is 9.47 Å². The van der Waals surface area contributed by atoms with Gasteiger partial charge in [-0.05, 0) is 35.9 Å². The van der Waals surface area contributed by atoms with Gasteiger partial charge in [-0.1, -0.05) is 0 Å². The van der Waals surface area contributed by atoms with Gasteiger partial charge in [0.1, 0.15) is 5.75 Å². The van der Waals surface area contributed by atoms with Crippen molar-refractivity contribution in [1.82, 2.24) is 15.0 Å². The average molecular weight is 316 g/mol. The highest BCUT2D eigenvalue weighted by atomic mass is 35.5. The Bertz CT molecular complexity index is 719. The average Bonchev–Trinajstić information content (AvgIpc) is 2.37. The highest BCUT2D eigenvalue weighted by molar-refractivity contribution is 7.90. The van der Waals surface area contributed by atoms with E-state index in [4.69, 9.17) is 21.1 Å². The molecule has 1 aromatic heterocycles. The summed E-state index contributed by atoms with van der Waals surface area (Å²) in [5.74, 6) is 0.363. The molecule has 0 aliphatic rings. The van der Waals surface area contributed by atoms with Gasteiger partial charge in [0.2, 0.25) is 5.28 Å². The van der Waals surface area contributed by atoms with Gasteiger partial charge in [0, 0.05) is 6.26 Å². The number of aromatic nitrogens is 3. The van der Waals surface area contributed by atoms with E-state index in [2.05, 4.69) is 15.0 Å². The molecular formula is C11H10ClN3O4S. The zero-order valence-corrected chi connectivity index (χ0v) is 12.1. The number of hydrogen-bond donors (Lipinski definition) is 0. The minimum atomic E-state index is -3.25. The normalized spacial score (nSPS) is 11.2. The molecule has 2 aromatic rings. The van der Waals surface area contributed by atoms with Crippen molar-refractivity contribution in [2.24, 2.45) is 0 Å². The van der Waals surface area contributed by atoms with Crippen molar-refractivity contribution in [3.05, 3.63) is 29.5 Å². The number of halogens is 1. The van der Waals surface area contributed by atoms with Crippen molar-refractivity contribution >= 4 is 21.4 Å². The minimum absolute atomic E-state index is 0.0211. The molecule has 20 heavy (non-hydrogen) atoms. The summed E-state index contributed by atoms with van der Waals surface area (Å²) in [7, 11) is -1.86. The molecule has 0 saturated heterocycles. The van der Waals surface area contributed by atoms with Crippen LogP contribution in [0.1, 0.15) is 0 Å². The predicted octanol–water partition coefficient (Wildman–Crippen LogP) is 1.73. The molecule has 0 N–H and O–H groups in total. The molecular weight excluding hydrogens is 306 g/mol. The van der Waals surface area contributed by atoms with Crippen LogP contribution >= 0.6 is 11.6 Å². The molecule has 0 atom stereocenters. The summed E-state index contributed by atoms with van der Waals surface area (Å²) in [6.07, 6.45) is 1.12. The minimum Gasteiger partial charge on any atom is -0.467 e. The van der Waals surface area contributed by atoms with E-state index >= 15 is 0 Å². The van der Waals surface area contributed by atoms with E-state index in [1.165, 1.54) is 31.4 Å². The second kappa shape index (κ2) is 5.59. The number of nitrogens with zero attached hydrogens (tertiary/aromatic N) is 3. The van der Waals surface area contributed by atoms with Crippen LogP contribution in [-0.2, 0) is 9.84 Å². The molecule has 2 rings (SSSR count). The maximum atomic E-state index is 11.3. The van der Waals surface area contributed by atoms with Gasteiger partial charge < -0.3 is 9.47 Å². The van der Waals surface area contributed by atoms with E-state index in [1.54, 1.807) is 0 Å². The Kier molecular flexibility index (Phi) is 4.05. The summed E-state index contributed by atoms with van der Waals surface area (Å²) in [4.78, 5) is 11.5. The van der Waals surface area contributed by atoms with Gasteiger partial charge in [-0.3, -0.25) is 0 Å². The number of sulfone groups is 1. The third-order valence-corrected chi connectivity index (χ3v) is 3.51. The van der Waals surface area contributed by atoms with E-state index in [-0.39, 0.29) is 22.2 Å². The van der Waals surface area contributed by atoms with Crippen molar-refractivity contribution in [2.45, 2.75) is 4.90 Å². The van der Waals surface area contributed by atoms with Gasteiger partial charge in [-0.15, -0.1) is 4.98 Å². The van der Waals surface area contributed by atoms with Crippen LogP contribution in [-0.4, -0.2) is 36.7 Å². The van der Waals surface area contributed by atoms with Crippen LogP contribution in [0, 0.1) is 0 Å². The van der Waals surface area contributed by atoms with Crippen LogP contribution in [0.25, 0.3) is 0 Å². The van der Waals surface area contributed by atoms with Crippen LogP contribution in [0.5, 0.6) is 17.8 Å². The van der Waals surface area contributed by atoms with E-state index in [9.17, 15) is 8.42 Å². The summed E-state index contributed by atoms with van der Waals surface area (Å²) < 4.78 is 32.8. The van der Waals surface area contributed by atoms with Gasteiger partial charge in [0.15, 0.2) is 9.84 Å². The molecule has 0 spiro atoms. The molecule has 0 unspecified atom stereocenters. The lowest BCUT2D eigenvalue weighted by molar-refractivity contribution is 0.359. The van der Waals surface area contributed by atoms with Crippen LogP contribution in [0.2, 0.25) is 5.28 Å². The third kappa shape index (κ3) is 3.55. The Morgan fingerprint density at radius 1 is 1.05 bits per heavy atom. The Morgan fingerprint density at radius 2 is 1.65 bits per heavy atom. The fraction of sp³-hybridized carbons (Fsp3) is 0.182. The second-order valence-corrected chi connectivity index (χ2v) is 6.07. The highest BCUT2D eigenvalue weighted by Crippen LogP contribution is 2.22. The first-order valence-corrected chi connectivity index (χ1v) is 7.59. The fourth-order valence-electron chi connectivity index (χ4n) is 1.31. The van der Waals surface area contributed by atoms with Crippen molar-refractivity contribution < 1.29 is 17.9 Å². The zero-order chi connectivity index (χ0) is 14.8. The number of benzene rings is 1. The largest absolute Gasteiger partial charge is 0.467 e.